The van der Waals surface area contributed by atoms with Gasteiger partial charge in [0.2, 0.25) is 0 Å². The standard InChI is InChI=1S/C19H11BrN2O2/c1-22-8-7-13-16(22)6-5-14-17(11-3-2-4-12(20)9-11)15(10-21)19(23)24-18(13)14/h2-9H,1H3. The van der Waals surface area contributed by atoms with E-state index in [4.69, 9.17) is 4.42 Å². The average molecular weight is 379 g/mol. The van der Waals surface area contributed by atoms with Gasteiger partial charge in [-0.3, -0.25) is 0 Å². The van der Waals surface area contributed by atoms with Crippen molar-refractivity contribution in [2.24, 2.45) is 7.05 Å². The molecule has 0 unspecified atom stereocenters. The smallest absolute Gasteiger partial charge is 0.354 e. The van der Waals surface area contributed by atoms with Crippen molar-refractivity contribution >= 4 is 37.8 Å². The summed E-state index contributed by atoms with van der Waals surface area (Å²) in [7, 11) is 1.94. The summed E-state index contributed by atoms with van der Waals surface area (Å²) >= 11 is 3.44. The summed E-state index contributed by atoms with van der Waals surface area (Å²) in [6.45, 7) is 0. The van der Waals surface area contributed by atoms with Crippen LogP contribution in [0.3, 0.4) is 0 Å². The summed E-state index contributed by atoms with van der Waals surface area (Å²) in [5.74, 6) is 0. The Morgan fingerprint density at radius 2 is 2.00 bits per heavy atom. The zero-order valence-corrected chi connectivity index (χ0v) is 14.3. The molecule has 4 aromatic rings. The minimum atomic E-state index is -0.615. The number of nitrogens with zero attached hydrogens (tertiary/aromatic N) is 2. The van der Waals surface area contributed by atoms with Crippen molar-refractivity contribution in [3.05, 3.63) is 69.1 Å². The van der Waals surface area contributed by atoms with Gasteiger partial charge in [0.05, 0.1) is 5.52 Å². The maximum atomic E-state index is 12.4. The Morgan fingerprint density at radius 3 is 2.75 bits per heavy atom. The first-order valence-corrected chi connectivity index (χ1v) is 8.10. The summed E-state index contributed by atoms with van der Waals surface area (Å²) in [5.41, 5.74) is 2.29. The van der Waals surface area contributed by atoms with Crippen molar-refractivity contribution in [2.75, 3.05) is 0 Å². The Bertz CT molecular complexity index is 1210. The minimum absolute atomic E-state index is 0.0240. The molecule has 2 aromatic carbocycles. The van der Waals surface area contributed by atoms with E-state index in [9.17, 15) is 10.1 Å². The average Bonchev–Trinajstić information content (AvgIpc) is 2.95. The number of rotatable bonds is 1. The Labute approximate surface area is 145 Å². The molecule has 116 valence electrons. The molecule has 4 nitrogen and oxygen atoms in total. The van der Waals surface area contributed by atoms with Crippen molar-refractivity contribution < 1.29 is 4.42 Å². The van der Waals surface area contributed by atoms with Crippen LogP contribution in [0.5, 0.6) is 0 Å². The third-order valence-corrected chi connectivity index (χ3v) is 4.65. The van der Waals surface area contributed by atoms with E-state index in [0.29, 0.717) is 11.1 Å². The quantitative estimate of drug-likeness (QED) is 0.455. The van der Waals surface area contributed by atoms with E-state index in [1.807, 2.05) is 66.3 Å². The van der Waals surface area contributed by atoms with Crippen LogP contribution in [0.1, 0.15) is 5.56 Å². The molecule has 2 aromatic heterocycles. The van der Waals surface area contributed by atoms with Crippen molar-refractivity contribution in [3.8, 4) is 17.2 Å². The molecule has 0 saturated heterocycles. The molecule has 5 heteroatoms. The molecule has 0 fully saturated rings. The van der Waals surface area contributed by atoms with Crippen molar-refractivity contribution in [2.45, 2.75) is 0 Å². The monoisotopic (exact) mass is 378 g/mol. The molecule has 4 rings (SSSR count). The van der Waals surface area contributed by atoms with Crippen molar-refractivity contribution in [1.82, 2.24) is 4.57 Å². The number of fused-ring (bicyclic) bond motifs is 3. The lowest BCUT2D eigenvalue weighted by Gasteiger charge is -2.09. The third-order valence-electron chi connectivity index (χ3n) is 4.16. The Balaban J connectivity index is 2.24. The van der Waals surface area contributed by atoms with Crippen molar-refractivity contribution in [1.29, 1.82) is 5.26 Å². The van der Waals surface area contributed by atoms with Gasteiger partial charge in [0.1, 0.15) is 17.2 Å². The molecule has 0 aliphatic rings. The molecule has 0 radical (unpaired) electrons. The van der Waals surface area contributed by atoms with E-state index in [-0.39, 0.29) is 5.56 Å². The second-order valence-electron chi connectivity index (χ2n) is 5.56. The van der Waals surface area contributed by atoms with Gasteiger partial charge in [-0.2, -0.15) is 5.26 Å². The van der Waals surface area contributed by atoms with Crippen LogP contribution in [-0.2, 0) is 7.05 Å². The van der Waals surface area contributed by atoms with Gasteiger partial charge in [0.15, 0.2) is 0 Å². The van der Waals surface area contributed by atoms with E-state index in [2.05, 4.69) is 15.9 Å². The number of halogens is 1. The molecule has 0 atom stereocenters. The highest BCUT2D eigenvalue weighted by Gasteiger charge is 2.18. The molecule has 0 N–H and O–H groups in total. The molecule has 0 bridgehead atoms. The molecule has 0 amide bonds. The Hall–Kier alpha value is -2.84. The summed E-state index contributed by atoms with van der Waals surface area (Å²) in [4.78, 5) is 12.4. The lowest BCUT2D eigenvalue weighted by atomic mass is 9.97. The predicted molar refractivity (Wildman–Crippen MR) is 96.8 cm³/mol. The second kappa shape index (κ2) is 5.36. The lowest BCUT2D eigenvalue weighted by molar-refractivity contribution is 0.562. The Kier molecular flexibility index (Phi) is 3.29. The second-order valence-corrected chi connectivity index (χ2v) is 6.48. The molecule has 2 heterocycles. The molecular formula is C19H11BrN2O2. The van der Waals surface area contributed by atoms with Crippen LogP contribution in [0.2, 0.25) is 0 Å². The number of nitriles is 1. The molecule has 0 aliphatic carbocycles. The first-order chi connectivity index (χ1) is 11.6. The number of hydrogen-bond donors (Lipinski definition) is 0. The SMILES string of the molecule is Cn1ccc2c3oc(=O)c(C#N)c(-c4cccc(Br)c4)c3ccc21. The number of aromatic nitrogens is 1. The van der Waals surface area contributed by atoms with Gasteiger partial charge in [-0.1, -0.05) is 28.1 Å². The Morgan fingerprint density at radius 1 is 1.17 bits per heavy atom. The molecule has 0 aliphatic heterocycles. The maximum Gasteiger partial charge on any atom is 0.354 e. The fourth-order valence-electron chi connectivity index (χ4n) is 3.06. The van der Waals surface area contributed by atoms with Crippen LogP contribution >= 0.6 is 15.9 Å². The van der Waals surface area contributed by atoms with Crippen LogP contribution in [0.15, 0.2) is 62.3 Å². The lowest BCUT2D eigenvalue weighted by Crippen LogP contribution is -2.07. The van der Waals surface area contributed by atoms with Gasteiger partial charge in [-0.25, -0.2) is 4.79 Å². The van der Waals surface area contributed by atoms with Crippen LogP contribution < -0.4 is 5.63 Å². The summed E-state index contributed by atoms with van der Waals surface area (Å²) in [6, 6.07) is 15.3. The van der Waals surface area contributed by atoms with Crippen LogP contribution in [0, 0.1) is 11.3 Å². The third kappa shape index (κ3) is 2.08. The first-order valence-electron chi connectivity index (χ1n) is 7.31. The first kappa shape index (κ1) is 14.7. The molecule has 24 heavy (non-hydrogen) atoms. The van der Waals surface area contributed by atoms with E-state index in [1.165, 1.54) is 0 Å². The topological polar surface area (TPSA) is 58.9 Å². The number of benzene rings is 2. The van der Waals surface area contributed by atoms with Gasteiger partial charge in [0.25, 0.3) is 0 Å². The van der Waals surface area contributed by atoms with E-state index >= 15 is 0 Å². The van der Waals surface area contributed by atoms with Gasteiger partial charge in [-0.15, -0.1) is 0 Å². The number of hydrogen-bond acceptors (Lipinski definition) is 3. The van der Waals surface area contributed by atoms with Crippen molar-refractivity contribution in [3.63, 3.8) is 0 Å². The number of aryl methyl sites for hydroxylation is 1. The molecular weight excluding hydrogens is 368 g/mol. The van der Waals surface area contributed by atoms with E-state index in [0.717, 1.165) is 26.3 Å². The molecule has 0 saturated carbocycles. The van der Waals surface area contributed by atoms with Gasteiger partial charge < -0.3 is 8.98 Å². The summed E-state index contributed by atoms with van der Waals surface area (Å²) < 4.78 is 8.34. The van der Waals surface area contributed by atoms with Crippen LogP contribution in [0.25, 0.3) is 33.0 Å². The van der Waals surface area contributed by atoms with Gasteiger partial charge >= 0.3 is 5.63 Å². The fraction of sp³-hybridized carbons (Fsp3) is 0.0526. The minimum Gasteiger partial charge on any atom is -0.421 e. The molecule has 0 spiro atoms. The van der Waals surface area contributed by atoms with Crippen LogP contribution in [-0.4, -0.2) is 4.57 Å². The predicted octanol–water partition coefficient (Wildman–Crippen LogP) is 4.59. The van der Waals surface area contributed by atoms with Gasteiger partial charge in [0, 0.05) is 34.1 Å². The van der Waals surface area contributed by atoms with Gasteiger partial charge in [-0.05, 0) is 35.9 Å². The highest BCUT2D eigenvalue weighted by atomic mass is 79.9. The normalized spacial score (nSPS) is 11.0. The van der Waals surface area contributed by atoms with E-state index < -0.39 is 5.63 Å². The zero-order valence-electron chi connectivity index (χ0n) is 12.7. The van der Waals surface area contributed by atoms with E-state index in [1.54, 1.807) is 0 Å². The highest BCUT2D eigenvalue weighted by molar-refractivity contribution is 9.10. The summed E-state index contributed by atoms with van der Waals surface area (Å²) in [5, 5.41) is 11.1. The highest BCUT2D eigenvalue weighted by Crippen LogP contribution is 2.35. The summed E-state index contributed by atoms with van der Waals surface area (Å²) in [6.07, 6.45) is 1.92. The largest absolute Gasteiger partial charge is 0.421 e. The zero-order chi connectivity index (χ0) is 16.8. The van der Waals surface area contributed by atoms with Crippen LogP contribution in [0.4, 0.5) is 0 Å². The maximum absolute atomic E-state index is 12.4. The fourth-order valence-corrected chi connectivity index (χ4v) is 3.46.